The van der Waals surface area contributed by atoms with Crippen molar-refractivity contribution in [3.63, 3.8) is 0 Å². The molecule has 0 saturated carbocycles. The minimum absolute atomic E-state index is 0.102. The van der Waals surface area contributed by atoms with Gasteiger partial charge < -0.3 is 0 Å². The monoisotopic (exact) mass is 194 g/mol. The van der Waals surface area contributed by atoms with E-state index < -0.39 is 10.4 Å². The summed E-state index contributed by atoms with van der Waals surface area (Å²) < 4.78 is 32.0. The van der Waals surface area contributed by atoms with Crippen LogP contribution >= 0.6 is 0 Å². The molecule has 70 valence electrons. The Kier molecular flexibility index (Phi) is 4.08. The highest BCUT2D eigenvalue weighted by atomic mass is 32.3. The molecule has 0 spiro atoms. The molecule has 0 rings (SSSR count). The standard InChI is InChI=1S/C6H10O5S/c1-5(2)6(7)3-4-11-12(8,9)10/h1,3-4H2,2H3,(H,8,9,10). The number of carbonyl (C=O) groups excluding carboxylic acids is 1. The first-order valence-electron chi connectivity index (χ1n) is 3.13. The summed E-state index contributed by atoms with van der Waals surface area (Å²) >= 11 is 0. The summed E-state index contributed by atoms with van der Waals surface area (Å²) in [6, 6.07) is 0. The largest absolute Gasteiger partial charge is 0.397 e. The van der Waals surface area contributed by atoms with E-state index in [1.165, 1.54) is 6.92 Å². The van der Waals surface area contributed by atoms with Crippen molar-refractivity contribution >= 4 is 16.2 Å². The molecule has 0 saturated heterocycles. The number of Topliss-reactive ketones (excluding diaryl/α,β-unsaturated/α-hetero) is 1. The Morgan fingerprint density at radius 2 is 2.08 bits per heavy atom. The summed E-state index contributed by atoms with van der Waals surface area (Å²) in [5.41, 5.74) is 0.328. The van der Waals surface area contributed by atoms with Crippen LogP contribution in [0.25, 0.3) is 0 Å². The van der Waals surface area contributed by atoms with Crippen LogP contribution in [0.1, 0.15) is 13.3 Å². The second-order valence-corrected chi connectivity index (χ2v) is 3.29. The van der Waals surface area contributed by atoms with Crippen molar-refractivity contribution in [1.82, 2.24) is 0 Å². The van der Waals surface area contributed by atoms with E-state index in [1.807, 2.05) is 0 Å². The second kappa shape index (κ2) is 4.34. The maximum Gasteiger partial charge on any atom is 0.397 e. The fraction of sp³-hybridized carbons (Fsp3) is 0.500. The molecule has 0 heterocycles. The van der Waals surface area contributed by atoms with Gasteiger partial charge in [-0.05, 0) is 12.5 Å². The zero-order valence-electron chi connectivity index (χ0n) is 6.61. The molecule has 0 amide bonds. The quantitative estimate of drug-likeness (QED) is 0.504. The molecule has 1 N–H and O–H groups in total. The summed E-state index contributed by atoms with van der Waals surface area (Å²) in [4.78, 5) is 10.8. The van der Waals surface area contributed by atoms with E-state index in [1.54, 1.807) is 0 Å². The number of carbonyl (C=O) groups is 1. The molecule has 0 fully saturated rings. The van der Waals surface area contributed by atoms with Crippen molar-refractivity contribution in [2.75, 3.05) is 6.61 Å². The summed E-state index contributed by atoms with van der Waals surface area (Å²) in [6.07, 6.45) is -0.102. The molecule has 0 aliphatic heterocycles. The van der Waals surface area contributed by atoms with Gasteiger partial charge in [-0.3, -0.25) is 9.35 Å². The summed E-state index contributed by atoms with van der Waals surface area (Å²) in [7, 11) is -4.43. The predicted molar refractivity (Wildman–Crippen MR) is 41.9 cm³/mol. The molecule has 5 nitrogen and oxygen atoms in total. The van der Waals surface area contributed by atoms with E-state index in [0.29, 0.717) is 5.57 Å². The molecule has 0 aromatic carbocycles. The molecule has 12 heavy (non-hydrogen) atoms. The Balaban J connectivity index is 3.73. The molecule has 0 unspecified atom stereocenters. The molecule has 0 aliphatic carbocycles. The highest BCUT2D eigenvalue weighted by molar-refractivity contribution is 7.80. The second-order valence-electron chi connectivity index (χ2n) is 2.20. The lowest BCUT2D eigenvalue weighted by Crippen LogP contribution is -2.09. The van der Waals surface area contributed by atoms with Crippen molar-refractivity contribution in [3.05, 3.63) is 12.2 Å². The topological polar surface area (TPSA) is 80.7 Å². The van der Waals surface area contributed by atoms with Crippen LogP contribution in [0.15, 0.2) is 12.2 Å². The van der Waals surface area contributed by atoms with Crippen molar-refractivity contribution in [1.29, 1.82) is 0 Å². The Labute approximate surface area is 71.0 Å². The van der Waals surface area contributed by atoms with Crippen LogP contribution in [0.4, 0.5) is 0 Å². The maximum absolute atomic E-state index is 10.8. The third kappa shape index (κ3) is 6.02. The van der Waals surface area contributed by atoms with Crippen LogP contribution in [-0.4, -0.2) is 25.4 Å². The number of hydrogen-bond donors (Lipinski definition) is 1. The molecule has 0 aliphatic rings. The van der Waals surface area contributed by atoms with Crippen LogP contribution < -0.4 is 0 Å². The molecule has 6 heteroatoms. The summed E-state index contributed by atoms with van der Waals surface area (Å²) in [6.45, 7) is 4.51. The van der Waals surface area contributed by atoms with Crippen LogP contribution in [0.2, 0.25) is 0 Å². The van der Waals surface area contributed by atoms with Gasteiger partial charge in [-0.25, -0.2) is 4.18 Å². The first kappa shape index (κ1) is 11.3. The SMILES string of the molecule is C=C(C)C(=O)CCOS(=O)(=O)O. The zero-order chi connectivity index (χ0) is 9.78. The van der Waals surface area contributed by atoms with Gasteiger partial charge in [0.2, 0.25) is 0 Å². The lowest BCUT2D eigenvalue weighted by atomic mass is 10.2. The van der Waals surface area contributed by atoms with Gasteiger partial charge in [-0.1, -0.05) is 6.58 Å². The van der Waals surface area contributed by atoms with Gasteiger partial charge in [0.1, 0.15) is 0 Å². The molecular weight excluding hydrogens is 184 g/mol. The van der Waals surface area contributed by atoms with Crippen LogP contribution in [0.5, 0.6) is 0 Å². The molecular formula is C6H10O5S. The van der Waals surface area contributed by atoms with Gasteiger partial charge in [0.25, 0.3) is 0 Å². The first-order chi connectivity index (χ1) is 5.33. The number of allylic oxidation sites excluding steroid dienone is 1. The Hall–Kier alpha value is -0.720. The van der Waals surface area contributed by atoms with Gasteiger partial charge in [0, 0.05) is 6.42 Å². The van der Waals surface area contributed by atoms with Crippen molar-refractivity contribution in [2.24, 2.45) is 0 Å². The van der Waals surface area contributed by atoms with Crippen LogP contribution in [0, 0.1) is 0 Å². The molecule has 0 bridgehead atoms. The van der Waals surface area contributed by atoms with E-state index in [9.17, 15) is 13.2 Å². The van der Waals surface area contributed by atoms with E-state index >= 15 is 0 Å². The van der Waals surface area contributed by atoms with Crippen LogP contribution in [-0.2, 0) is 19.4 Å². The average molecular weight is 194 g/mol. The van der Waals surface area contributed by atoms with Gasteiger partial charge in [-0.2, -0.15) is 8.42 Å². The van der Waals surface area contributed by atoms with E-state index in [-0.39, 0.29) is 18.8 Å². The number of rotatable bonds is 5. The summed E-state index contributed by atoms with van der Waals surface area (Å²) in [5.74, 6) is -0.293. The van der Waals surface area contributed by atoms with Gasteiger partial charge in [0.05, 0.1) is 6.61 Å². The molecule has 0 radical (unpaired) electrons. The van der Waals surface area contributed by atoms with Gasteiger partial charge in [-0.15, -0.1) is 0 Å². The minimum atomic E-state index is -4.43. The Morgan fingerprint density at radius 1 is 1.58 bits per heavy atom. The third-order valence-corrected chi connectivity index (χ3v) is 1.50. The normalized spacial score (nSPS) is 11.2. The highest BCUT2D eigenvalue weighted by Crippen LogP contribution is 1.97. The minimum Gasteiger partial charge on any atom is -0.294 e. The van der Waals surface area contributed by atoms with Crippen molar-refractivity contribution < 1.29 is 21.9 Å². The Morgan fingerprint density at radius 3 is 2.42 bits per heavy atom. The maximum atomic E-state index is 10.8. The number of hydrogen-bond acceptors (Lipinski definition) is 4. The van der Waals surface area contributed by atoms with Gasteiger partial charge >= 0.3 is 10.4 Å². The van der Waals surface area contributed by atoms with Crippen LogP contribution in [0.3, 0.4) is 0 Å². The van der Waals surface area contributed by atoms with E-state index in [0.717, 1.165) is 0 Å². The molecule has 0 aromatic heterocycles. The third-order valence-electron chi connectivity index (χ3n) is 1.04. The van der Waals surface area contributed by atoms with E-state index in [2.05, 4.69) is 10.8 Å². The zero-order valence-corrected chi connectivity index (χ0v) is 7.43. The lowest BCUT2D eigenvalue weighted by molar-refractivity contribution is -0.115. The fourth-order valence-electron chi connectivity index (χ4n) is 0.453. The smallest absolute Gasteiger partial charge is 0.294 e. The van der Waals surface area contributed by atoms with Gasteiger partial charge in [0.15, 0.2) is 5.78 Å². The average Bonchev–Trinajstić information content (AvgIpc) is 1.84. The fourth-order valence-corrected chi connectivity index (χ4v) is 0.747. The predicted octanol–water partition coefficient (Wildman–Crippen LogP) is 0.341. The van der Waals surface area contributed by atoms with Crippen molar-refractivity contribution in [2.45, 2.75) is 13.3 Å². The summed E-state index contributed by atoms with van der Waals surface area (Å²) in [5, 5.41) is 0. The highest BCUT2D eigenvalue weighted by Gasteiger charge is 2.07. The number of ketones is 1. The first-order valence-corrected chi connectivity index (χ1v) is 4.50. The van der Waals surface area contributed by atoms with E-state index in [4.69, 9.17) is 4.55 Å². The lowest BCUT2D eigenvalue weighted by Gasteiger charge is -1.98. The molecule has 0 atom stereocenters. The van der Waals surface area contributed by atoms with Crippen molar-refractivity contribution in [3.8, 4) is 0 Å². The molecule has 0 aromatic rings. The Bertz CT molecular complexity index is 276.